The van der Waals surface area contributed by atoms with E-state index in [1.807, 2.05) is 0 Å². The molecule has 0 atom stereocenters. The van der Waals surface area contributed by atoms with Crippen molar-refractivity contribution in [1.29, 1.82) is 0 Å². The van der Waals surface area contributed by atoms with Gasteiger partial charge in [0.25, 0.3) is 0 Å². The molecule has 72 valence electrons. The monoisotopic (exact) mass is 193 g/mol. The summed E-state index contributed by atoms with van der Waals surface area (Å²) in [4.78, 5) is 21.0. The third-order valence-corrected chi connectivity index (χ3v) is 1.67. The summed E-state index contributed by atoms with van der Waals surface area (Å²) in [6, 6.07) is 0. The number of aromatic nitrogens is 3. The quantitative estimate of drug-likeness (QED) is 0.744. The molecule has 0 saturated heterocycles. The molecular weight excluding hydrogens is 186 g/mol. The van der Waals surface area contributed by atoms with Crippen molar-refractivity contribution in [3.63, 3.8) is 0 Å². The summed E-state index contributed by atoms with van der Waals surface area (Å²) in [5.74, 6) is -0.156. The Balaban J connectivity index is 2.38. The van der Waals surface area contributed by atoms with E-state index in [-0.39, 0.29) is 5.69 Å². The molecule has 2 N–H and O–H groups in total. The zero-order chi connectivity index (χ0) is 10.1. The molecule has 2 heterocycles. The van der Waals surface area contributed by atoms with E-state index in [1.165, 1.54) is 12.5 Å². The minimum Gasteiger partial charge on any atom is -0.477 e. The van der Waals surface area contributed by atoms with Crippen LogP contribution in [0, 0.1) is 6.92 Å². The highest BCUT2D eigenvalue weighted by Crippen LogP contribution is 2.14. The van der Waals surface area contributed by atoms with Crippen LogP contribution in [0.25, 0.3) is 11.5 Å². The van der Waals surface area contributed by atoms with E-state index in [2.05, 4.69) is 15.0 Å². The lowest BCUT2D eigenvalue weighted by atomic mass is 10.4. The van der Waals surface area contributed by atoms with E-state index in [0.717, 1.165) is 0 Å². The Kier molecular flexibility index (Phi) is 1.81. The van der Waals surface area contributed by atoms with Gasteiger partial charge >= 0.3 is 5.97 Å². The maximum atomic E-state index is 10.5. The first-order valence-corrected chi connectivity index (χ1v) is 3.87. The van der Waals surface area contributed by atoms with Gasteiger partial charge < -0.3 is 14.5 Å². The van der Waals surface area contributed by atoms with Crippen LogP contribution >= 0.6 is 0 Å². The third kappa shape index (κ3) is 1.37. The highest BCUT2D eigenvalue weighted by Gasteiger charge is 2.11. The molecule has 0 amide bonds. The fraction of sp³-hybridized carbons (Fsp3) is 0.125. The van der Waals surface area contributed by atoms with Crippen molar-refractivity contribution in [3.8, 4) is 11.5 Å². The zero-order valence-electron chi connectivity index (χ0n) is 7.31. The Morgan fingerprint density at radius 3 is 2.93 bits per heavy atom. The van der Waals surface area contributed by atoms with E-state index in [1.54, 1.807) is 6.92 Å². The topological polar surface area (TPSA) is 92.0 Å². The van der Waals surface area contributed by atoms with E-state index in [4.69, 9.17) is 9.52 Å². The molecular formula is C8H7N3O3. The molecule has 14 heavy (non-hydrogen) atoms. The molecule has 0 fully saturated rings. The van der Waals surface area contributed by atoms with Crippen LogP contribution in [-0.2, 0) is 0 Å². The Hall–Kier alpha value is -2.11. The minimum atomic E-state index is -1.05. The van der Waals surface area contributed by atoms with Crippen molar-refractivity contribution in [1.82, 2.24) is 15.0 Å². The number of hydrogen-bond donors (Lipinski definition) is 2. The summed E-state index contributed by atoms with van der Waals surface area (Å²) >= 11 is 0. The number of rotatable bonds is 2. The van der Waals surface area contributed by atoms with Crippen LogP contribution in [-0.4, -0.2) is 26.0 Å². The number of carboxylic acid groups (broad SMARTS) is 1. The van der Waals surface area contributed by atoms with Gasteiger partial charge in [-0.25, -0.2) is 14.8 Å². The van der Waals surface area contributed by atoms with Crippen molar-refractivity contribution >= 4 is 5.97 Å². The molecule has 0 aliphatic heterocycles. The van der Waals surface area contributed by atoms with Crippen molar-refractivity contribution in [2.45, 2.75) is 6.92 Å². The molecule has 2 aromatic rings. The van der Waals surface area contributed by atoms with Crippen LogP contribution in [0.5, 0.6) is 0 Å². The Morgan fingerprint density at radius 2 is 2.43 bits per heavy atom. The van der Waals surface area contributed by atoms with Gasteiger partial charge in [-0.2, -0.15) is 0 Å². The number of nitrogens with zero attached hydrogens (tertiary/aromatic N) is 2. The number of hydrogen-bond acceptors (Lipinski definition) is 4. The molecule has 0 unspecified atom stereocenters. The third-order valence-electron chi connectivity index (χ3n) is 1.67. The van der Waals surface area contributed by atoms with Crippen LogP contribution in [0.15, 0.2) is 16.9 Å². The Labute approximate surface area is 78.6 Å². The average Bonchev–Trinajstić information content (AvgIpc) is 2.70. The number of carboxylic acids is 1. The van der Waals surface area contributed by atoms with E-state index < -0.39 is 5.97 Å². The smallest absolute Gasteiger partial charge is 0.353 e. The molecule has 0 aliphatic carbocycles. The highest BCUT2D eigenvalue weighted by atomic mass is 16.4. The Bertz CT molecular complexity index is 472. The number of H-pyrrole nitrogens is 1. The van der Waals surface area contributed by atoms with Gasteiger partial charge in [-0.1, -0.05) is 0 Å². The highest BCUT2D eigenvalue weighted by molar-refractivity contribution is 5.85. The molecule has 2 aromatic heterocycles. The molecule has 0 aromatic carbocycles. The number of carbonyl (C=O) groups is 1. The SMILES string of the molecule is Cc1nc(-c2ncc(C(=O)O)[nH]2)co1. The lowest BCUT2D eigenvalue weighted by molar-refractivity contribution is 0.0691. The minimum absolute atomic E-state index is 0.0284. The summed E-state index contributed by atoms with van der Waals surface area (Å²) in [7, 11) is 0. The van der Waals surface area contributed by atoms with Crippen LogP contribution < -0.4 is 0 Å². The molecule has 0 radical (unpaired) electrons. The first kappa shape index (κ1) is 8.49. The normalized spacial score (nSPS) is 10.4. The van der Waals surface area contributed by atoms with Gasteiger partial charge in [0.1, 0.15) is 17.7 Å². The first-order chi connectivity index (χ1) is 6.66. The van der Waals surface area contributed by atoms with Crippen molar-refractivity contribution < 1.29 is 14.3 Å². The van der Waals surface area contributed by atoms with Crippen molar-refractivity contribution in [2.75, 3.05) is 0 Å². The average molecular weight is 193 g/mol. The molecule has 0 spiro atoms. The number of imidazole rings is 1. The summed E-state index contributed by atoms with van der Waals surface area (Å²) < 4.78 is 4.97. The maximum Gasteiger partial charge on any atom is 0.353 e. The summed E-state index contributed by atoms with van der Waals surface area (Å²) in [5.41, 5.74) is 0.524. The number of aryl methyl sites for hydroxylation is 1. The lowest BCUT2D eigenvalue weighted by Crippen LogP contribution is -1.95. The number of nitrogens with one attached hydrogen (secondary N) is 1. The fourth-order valence-corrected chi connectivity index (χ4v) is 1.03. The van der Waals surface area contributed by atoms with Gasteiger partial charge in [-0.15, -0.1) is 0 Å². The molecule has 6 nitrogen and oxygen atoms in total. The van der Waals surface area contributed by atoms with Gasteiger partial charge in [0.15, 0.2) is 11.7 Å². The summed E-state index contributed by atoms with van der Waals surface area (Å²) in [5, 5.41) is 8.64. The predicted octanol–water partition coefficient (Wildman–Crippen LogP) is 1.07. The van der Waals surface area contributed by atoms with Gasteiger partial charge in [0.2, 0.25) is 0 Å². The first-order valence-electron chi connectivity index (χ1n) is 3.87. The van der Waals surface area contributed by atoms with E-state index >= 15 is 0 Å². The van der Waals surface area contributed by atoms with Crippen molar-refractivity contribution in [3.05, 3.63) is 24.0 Å². The zero-order valence-corrected chi connectivity index (χ0v) is 7.31. The van der Waals surface area contributed by atoms with Crippen molar-refractivity contribution in [2.24, 2.45) is 0 Å². The van der Waals surface area contributed by atoms with Gasteiger partial charge in [-0.05, 0) is 0 Å². The number of aromatic amines is 1. The molecule has 2 rings (SSSR count). The molecule has 0 bridgehead atoms. The number of oxazole rings is 1. The second kappa shape index (κ2) is 2.99. The molecule has 0 aliphatic rings. The second-order valence-electron chi connectivity index (χ2n) is 2.70. The second-order valence-corrected chi connectivity index (χ2v) is 2.70. The van der Waals surface area contributed by atoms with Crippen LogP contribution in [0.4, 0.5) is 0 Å². The molecule has 0 saturated carbocycles. The fourth-order valence-electron chi connectivity index (χ4n) is 1.03. The van der Waals surface area contributed by atoms with E-state index in [0.29, 0.717) is 17.4 Å². The maximum absolute atomic E-state index is 10.5. The van der Waals surface area contributed by atoms with Crippen LogP contribution in [0.2, 0.25) is 0 Å². The molecule has 6 heteroatoms. The van der Waals surface area contributed by atoms with Crippen LogP contribution in [0.3, 0.4) is 0 Å². The van der Waals surface area contributed by atoms with Gasteiger partial charge in [0.05, 0.1) is 6.20 Å². The predicted molar refractivity (Wildman–Crippen MR) is 45.8 cm³/mol. The standard InChI is InChI=1S/C8H7N3O3/c1-4-10-6(3-14-4)7-9-2-5(11-7)8(12)13/h2-3H,1H3,(H,9,11)(H,12,13). The summed E-state index contributed by atoms with van der Waals surface area (Å²) in [6.07, 6.45) is 2.65. The van der Waals surface area contributed by atoms with E-state index in [9.17, 15) is 4.79 Å². The van der Waals surface area contributed by atoms with Crippen LogP contribution in [0.1, 0.15) is 16.4 Å². The number of aromatic carboxylic acids is 1. The largest absolute Gasteiger partial charge is 0.477 e. The summed E-state index contributed by atoms with van der Waals surface area (Å²) in [6.45, 7) is 1.70. The van der Waals surface area contributed by atoms with Gasteiger partial charge in [-0.3, -0.25) is 0 Å². The Morgan fingerprint density at radius 1 is 1.64 bits per heavy atom. The lowest BCUT2D eigenvalue weighted by Gasteiger charge is -1.86. The van der Waals surface area contributed by atoms with Gasteiger partial charge in [0, 0.05) is 6.92 Å².